The maximum atomic E-state index is 12.1. The van der Waals surface area contributed by atoms with Gasteiger partial charge in [0.05, 0.1) is 11.5 Å². The summed E-state index contributed by atoms with van der Waals surface area (Å²) in [6.45, 7) is 0. The average Bonchev–Trinajstić information content (AvgIpc) is 2.34. The first kappa shape index (κ1) is 14.1. The summed E-state index contributed by atoms with van der Waals surface area (Å²) in [6, 6.07) is 14.4. The highest BCUT2D eigenvalue weighted by molar-refractivity contribution is 9.10. The van der Waals surface area contributed by atoms with Crippen molar-refractivity contribution in [1.82, 2.24) is 0 Å². The first-order valence-corrected chi connectivity index (χ1v) is 8.36. The van der Waals surface area contributed by atoms with Crippen LogP contribution in [0.5, 0.6) is 0 Å². The zero-order chi connectivity index (χ0) is 13.9. The molecule has 0 radical (unpaired) electrons. The lowest BCUT2D eigenvalue weighted by molar-refractivity contribution is 0.594. The van der Waals surface area contributed by atoms with Gasteiger partial charge in [0.25, 0.3) is 0 Å². The van der Waals surface area contributed by atoms with Crippen LogP contribution in [0.4, 0.5) is 5.69 Å². The van der Waals surface area contributed by atoms with Gasteiger partial charge in [-0.15, -0.1) is 0 Å². The Labute approximate surface area is 121 Å². The Hall–Kier alpha value is -1.33. The smallest absolute Gasteiger partial charge is 0.158 e. The number of anilines is 1. The van der Waals surface area contributed by atoms with E-state index in [1.807, 2.05) is 30.3 Å². The lowest BCUT2D eigenvalue weighted by Crippen LogP contribution is -2.08. The van der Waals surface area contributed by atoms with Gasteiger partial charge in [0.1, 0.15) is 0 Å². The summed E-state index contributed by atoms with van der Waals surface area (Å²) in [5.41, 5.74) is 7.80. The van der Waals surface area contributed by atoms with E-state index in [9.17, 15) is 8.42 Å². The number of benzene rings is 2. The van der Waals surface area contributed by atoms with Crippen molar-refractivity contribution in [3.05, 3.63) is 64.1 Å². The fraction of sp³-hybridized carbons (Fsp3) is 0.143. The summed E-state index contributed by atoms with van der Waals surface area (Å²) >= 11 is 3.29. The van der Waals surface area contributed by atoms with Gasteiger partial charge in [-0.3, -0.25) is 0 Å². The normalized spacial score (nSPS) is 11.4. The zero-order valence-electron chi connectivity index (χ0n) is 10.2. The molecule has 5 heteroatoms. The van der Waals surface area contributed by atoms with Crippen LogP contribution in [0, 0.1) is 0 Å². The highest BCUT2D eigenvalue weighted by Crippen LogP contribution is 2.22. The summed E-state index contributed by atoms with van der Waals surface area (Å²) in [5, 5.41) is 0. The van der Waals surface area contributed by atoms with E-state index in [0.29, 0.717) is 11.3 Å². The van der Waals surface area contributed by atoms with Crippen molar-refractivity contribution in [3.8, 4) is 0 Å². The van der Waals surface area contributed by atoms with Crippen LogP contribution in [-0.2, 0) is 21.3 Å². The van der Waals surface area contributed by atoms with E-state index in [-0.39, 0.29) is 11.5 Å². The van der Waals surface area contributed by atoms with Crippen LogP contribution in [0.2, 0.25) is 0 Å². The fourth-order valence-electron chi connectivity index (χ4n) is 1.82. The second kappa shape index (κ2) is 5.75. The Morgan fingerprint density at radius 2 is 1.58 bits per heavy atom. The molecule has 0 aliphatic rings. The van der Waals surface area contributed by atoms with Crippen LogP contribution < -0.4 is 5.73 Å². The minimum Gasteiger partial charge on any atom is -0.398 e. The van der Waals surface area contributed by atoms with Crippen LogP contribution in [0.3, 0.4) is 0 Å². The van der Waals surface area contributed by atoms with Crippen molar-refractivity contribution in [2.45, 2.75) is 11.5 Å². The minimum absolute atomic E-state index is 0.000621. The van der Waals surface area contributed by atoms with Gasteiger partial charge < -0.3 is 5.73 Å². The zero-order valence-corrected chi connectivity index (χ0v) is 12.6. The molecular weight excluding hydrogens is 326 g/mol. The van der Waals surface area contributed by atoms with Crippen LogP contribution in [0.1, 0.15) is 11.1 Å². The summed E-state index contributed by atoms with van der Waals surface area (Å²) in [7, 11) is -3.19. The molecule has 0 saturated heterocycles. The largest absolute Gasteiger partial charge is 0.398 e. The second-order valence-electron chi connectivity index (χ2n) is 4.37. The Morgan fingerprint density at radius 3 is 2.21 bits per heavy atom. The molecule has 0 unspecified atom stereocenters. The standard InChI is InChI=1S/C14H14BrNO2S/c15-13-7-6-12(8-14(13)16)10-19(17,18)9-11-4-2-1-3-5-11/h1-8H,9-10,16H2. The third kappa shape index (κ3) is 4.08. The number of nitrogens with two attached hydrogens (primary N) is 1. The van der Waals surface area contributed by atoms with Crippen LogP contribution in [-0.4, -0.2) is 8.42 Å². The van der Waals surface area contributed by atoms with Gasteiger partial charge in [-0.05, 0) is 39.2 Å². The Morgan fingerprint density at radius 1 is 0.947 bits per heavy atom. The maximum Gasteiger partial charge on any atom is 0.158 e. The van der Waals surface area contributed by atoms with E-state index in [1.54, 1.807) is 18.2 Å². The molecule has 0 aromatic heterocycles. The van der Waals surface area contributed by atoms with Crippen molar-refractivity contribution < 1.29 is 8.42 Å². The number of halogens is 1. The molecule has 0 amide bonds. The monoisotopic (exact) mass is 339 g/mol. The third-order valence-corrected chi connectivity index (χ3v) is 4.94. The van der Waals surface area contributed by atoms with Gasteiger partial charge in [-0.2, -0.15) is 0 Å². The minimum atomic E-state index is -3.19. The average molecular weight is 340 g/mol. The molecule has 0 fully saturated rings. The predicted molar refractivity (Wildman–Crippen MR) is 81.3 cm³/mol. The van der Waals surface area contributed by atoms with Crippen molar-refractivity contribution in [2.75, 3.05) is 5.73 Å². The molecule has 100 valence electrons. The summed E-state index contributed by atoms with van der Waals surface area (Å²) in [6.07, 6.45) is 0. The van der Waals surface area contributed by atoms with Gasteiger partial charge in [0.15, 0.2) is 9.84 Å². The first-order chi connectivity index (χ1) is 8.96. The molecule has 0 bridgehead atoms. The number of hydrogen-bond acceptors (Lipinski definition) is 3. The number of nitrogen functional groups attached to an aromatic ring is 1. The molecule has 2 aromatic carbocycles. The quantitative estimate of drug-likeness (QED) is 0.870. The topological polar surface area (TPSA) is 60.2 Å². The Balaban J connectivity index is 2.15. The van der Waals surface area contributed by atoms with Crippen molar-refractivity contribution in [1.29, 1.82) is 0 Å². The van der Waals surface area contributed by atoms with Gasteiger partial charge in [-0.1, -0.05) is 36.4 Å². The molecule has 0 atom stereocenters. The molecule has 0 aliphatic carbocycles. The fourth-order valence-corrected chi connectivity index (χ4v) is 3.55. The van der Waals surface area contributed by atoms with E-state index < -0.39 is 9.84 Å². The Bertz CT molecular complexity index is 669. The highest BCUT2D eigenvalue weighted by atomic mass is 79.9. The van der Waals surface area contributed by atoms with Crippen LogP contribution in [0.25, 0.3) is 0 Å². The predicted octanol–water partition coefficient (Wildman–Crippen LogP) is 3.15. The third-order valence-electron chi connectivity index (χ3n) is 2.68. The SMILES string of the molecule is Nc1cc(CS(=O)(=O)Cc2ccccc2)ccc1Br. The Kier molecular flexibility index (Phi) is 4.27. The molecule has 0 heterocycles. The number of sulfone groups is 1. The number of hydrogen-bond donors (Lipinski definition) is 1. The van der Waals surface area contributed by atoms with E-state index >= 15 is 0 Å². The van der Waals surface area contributed by atoms with Crippen molar-refractivity contribution in [3.63, 3.8) is 0 Å². The summed E-state index contributed by atoms with van der Waals surface area (Å²) < 4.78 is 25.0. The van der Waals surface area contributed by atoms with E-state index in [2.05, 4.69) is 15.9 Å². The number of rotatable bonds is 4. The van der Waals surface area contributed by atoms with Crippen molar-refractivity contribution >= 4 is 31.5 Å². The maximum absolute atomic E-state index is 12.1. The van der Waals surface area contributed by atoms with Crippen LogP contribution in [0.15, 0.2) is 53.0 Å². The lowest BCUT2D eigenvalue weighted by Gasteiger charge is -2.06. The van der Waals surface area contributed by atoms with E-state index in [1.165, 1.54) is 0 Å². The molecule has 0 aliphatic heterocycles. The molecule has 3 nitrogen and oxygen atoms in total. The van der Waals surface area contributed by atoms with Crippen LogP contribution >= 0.6 is 15.9 Å². The van der Waals surface area contributed by atoms with E-state index in [4.69, 9.17) is 5.73 Å². The first-order valence-electron chi connectivity index (χ1n) is 5.74. The molecular formula is C14H14BrNO2S. The highest BCUT2D eigenvalue weighted by Gasteiger charge is 2.13. The summed E-state index contributed by atoms with van der Waals surface area (Å²) in [4.78, 5) is 0. The van der Waals surface area contributed by atoms with Gasteiger partial charge in [-0.25, -0.2) is 8.42 Å². The van der Waals surface area contributed by atoms with Gasteiger partial charge in [0.2, 0.25) is 0 Å². The molecule has 2 N–H and O–H groups in total. The second-order valence-corrected chi connectivity index (χ2v) is 7.29. The molecule has 0 saturated carbocycles. The van der Waals surface area contributed by atoms with Gasteiger partial charge in [0, 0.05) is 10.2 Å². The summed E-state index contributed by atoms with van der Waals surface area (Å²) in [5.74, 6) is 0.0448. The molecule has 2 aromatic rings. The van der Waals surface area contributed by atoms with E-state index in [0.717, 1.165) is 10.0 Å². The van der Waals surface area contributed by atoms with Crippen molar-refractivity contribution in [2.24, 2.45) is 0 Å². The van der Waals surface area contributed by atoms with Gasteiger partial charge >= 0.3 is 0 Å². The molecule has 0 spiro atoms. The lowest BCUT2D eigenvalue weighted by atomic mass is 10.2. The molecule has 2 rings (SSSR count). The molecule has 19 heavy (non-hydrogen) atoms.